The van der Waals surface area contributed by atoms with Crippen molar-refractivity contribution in [1.82, 2.24) is 9.55 Å². The van der Waals surface area contributed by atoms with Crippen LogP contribution in [0.1, 0.15) is 5.56 Å². The SMILES string of the molecule is COc1cc(Cn2c(SCC(=O)Nc3cc(OC)c(OC)c(OC)c3)nc3ccccc3c2=O)cc(OC)c1OC. The molecule has 0 saturated heterocycles. The monoisotopic (exact) mass is 581 g/mol. The van der Waals surface area contributed by atoms with Crippen molar-refractivity contribution in [2.45, 2.75) is 11.7 Å². The van der Waals surface area contributed by atoms with E-state index in [-0.39, 0.29) is 23.8 Å². The standard InChI is InChI=1S/C29H31N3O8S/c1-35-21-11-17(12-22(36-2)26(21)39-5)15-32-28(34)19-9-7-8-10-20(19)31-29(32)41-16-25(33)30-18-13-23(37-3)27(40-6)24(14-18)38-4/h7-14H,15-16H2,1-6H3,(H,30,33). The van der Waals surface area contributed by atoms with Crippen molar-refractivity contribution in [3.05, 3.63) is 64.4 Å². The quantitative estimate of drug-likeness (QED) is 0.192. The van der Waals surface area contributed by atoms with Gasteiger partial charge in [-0.2, -0.15) is 0 Å². The maximum absolute atomic E-state index is 13.6. The van der Waals surface area contributed by atoms with E-state index in [1.54, 1.807) is 42.5 Å². The molecular weight excluding hydrogens is 550 g/mol. The number of aromatic nitrogens is 2. The minimum absolute atomic E-state index is 0.0172. The van der Waals surface area contributed by atoms with Crippen LogP contribution in [0.2, 0.25) is 0 Å². The van der Waals surface area contributed by atoms with Crippen molar-refractivity contribution < 1.29 is 33.2 Å². The van der Waals surface area contributed by atoms with Crippen LogP contribution >= 0.6 is 11.8 Å². The van der Waals surface area contributed by atoms with E-state index in [9.17, 15) is 9.59 Å². The Morgan fingerprint density at radius 3 is 1.88 bits per heavy atom. The molecule has 216 valence electrons. The molecule has 0 saturated carbocycles. The number of nitrogens with one attached hydrogen (secondary N) is 1. The molecule has 3 aromatic carbocycles. The fourth-order valence-electron chi connectivity index (χ4n) is 4.29. The lowest BCUT2D eigenvalue weighted by atomic mass is 10.1. The molecule has 41 heavy (non-hydrogen) atoms. The van der Waals surface area contributed by atoms with E-state index in [0.29, 0.717) is 56.2 Å². The lowest BCUT2D eigenvalue weighted by Crippen LogP contribution is -2.25. The van der Waals surface area contributed by atoms with E-state index in [1.807, 2.05) is 6.07 Å². The maximum Gasteiger partial charge on any atom is 0.262 e. The molecule has 0 aliphatic rings. The second-order valence-electron chi connectivity index (χ2n) is 8.59. The van der Waals surface area contributed by atoms with Gasteiger partial charge in [0.05, 0.1) is 65.9 Å². The van der Waals surface area contributed by atoms with Crippen molar-refractivity contribution >= 4 is 34.3 Å². The third-order valence-corrected chi connectivity index (χ3v) is 7.15. The van der Waals surface area contributed by atoms with Crippen molar-refractivity contribution in [2.24, 2.45) is 0 Å². The van der Waals surface area contributed by atoms with Crippen molar-refractivity contribution in [2.75, 3.05) is 53.7 Å². The van der Waals surface area contributed by atoms with E-state index >= 15 is 0 Å². The Hall–Kier alpha value is -4.58. The minimum atomic E-state index is -0.314. The number of carbonyl (C=O) groups is 1. The number of carbonyl (C=O) groups excluding carboxylic acids is 1. The van der Waals surface area contributed by atoms with E-state index in [2.05, 4.69) is 5.32 Å². The van der Waals surface area contributed by atoms with Crippen LogP contribution in [-0.2, 0) is 11.3 Å². The molecular formula is C29H31N3O8S. The summed E-state index contributed by atoms with van der Waals surface area (Å²) in [5, 5.41) is 3.68. The number of hydrogen-bond donors (Lipinski definition) is 1. The number of methoxy groups -OCH3 is 6. The number of ether oxygens (including phenoxy) is 6. The van der Waals surface area contributed by atoms with Gasteiger partial charge in [-0.15, -0.1) is 0 Å². The third-order valence-electron chi connectivity index (χ3n) is 6.17. The maximum atomic E-state index is 13.6. The van der Waals surface area contributed by atoms with Crippen molar-refractivity contribution in [1.29, 1.82) is 0 Å². The molecule has 0 fully saturated rings. The Morgan fingerprint density at radius 1 is 0.805 bits per heavy atom. The molecule has 11 nitrogen and oxygen atoms in total. The molecule has 1 amide bonds. The Kier molecular flexibility index (Phi) is 9.45. The van der Waals surface area contributed by atoms with Gasteiger partial charge in [0.1, 0.15) is 0 Å². The van der Waals surface area contributed by atoms with E-state index in [0.717, 1.165) is 17.3 Å². The largest absolute Gasteiger partial charge is 0.493 e. The van der Waals surface area contributed by atoms with Gasteiger partial charge in [-0.3, -0.25) is 14.2 Å². The zero-order chi connectivity index (χ0) is 29.5. The molecule has 0 aliphatic heterocycles. The molecule has 0 unspecified atom stereocenters. The van der Waals surface area contributed by atoms with E-state index < -0.39 is 0 Å². The van der Waals surface area contributed by atoms with Crippen LogP contribution in [0.4, 0.5) is 5.69 Å². The van der Waals surface area contributed by atoms with Crippen LogP contribution in [-0.4, -0.2) is 63.9 Å². The molecule has 1 heterocycles. The first-order valence-electron chi connectivity index (χ1n) is 12.4. The highest BCUT2D eigenvalue weighted by Crippen LogP contribution is 2.40. The van der Waals surface area contributed by atoms with Gasteiger partial charge < -0.3 is 33.7 Å². The predicted octanol–water partition coefficient (Wildman–Crippen LogP) is 4.23. The van der Waals surface area contributed by atoms with Crippen LogP contribution < -0.4 is 39.3 Å². The van der Waals surface area contributed by atoms with Gasteiger partial charge in [0, 0.05) is 17.8 Å². The topological polar surface area (TPSA) is 119 Å². The molecule has 4 rings (SSSR count). The molecule has 12 heteroatoms. The summed E-state index contributed by atoms with van der Waals surface area (Å²) in [7, 11) is 9.07. The fourth-order valence-corrected chi connectivity index (χ4v) is 5.09. The van der Waals surface area contributed by atoms with Gasteiger partial charge >= 0.3 is 0 Å². The van der Waals surface area contributed by atoms with Crippen molar-refractivity contribution in [3.8, 4) is 34.5 Å². The number of fused-ring (bicyclic) bond motifs is 1. The fraction of sp³-hybridized carbons (Fsp3) is 0.276. The first kappa shape index (κ1) is 29.4. The van der Waals surface area contributed by atoms with Crippen molar-refractivity contribution in [3.63, 3.8) is 0 Å². The Bertz CT molecular complexity index is 1570. The highest BCUT2D eigenvalue weighted by Gasteiger charge is 2.19. The molecule has 0 spiro atoms. The predicted molar refractivity (Wildman–Crippen MR) is 157 cm³/mol. The number of thioether (sulfide) groups is 1. The van der Waals surface area contributed by atoms with E-state index in [4.69, 9.17) is 33.4 Å². The summed E-state index contributed by atoms with van der Waals surface area (Å²) in [6.45, 7) is 0.157. The highest BCUT2D eigenvalue weighted by atomic mass is 32.2. The highest BCUT2D eigenvalue weighted by molar-refractivity contribution is 7.99. The summed E-state index contributed by atoms with van der Waals surface area (Å²) in [6, 6.07) is 13.9. The molecule has 1 N–H and O–H groups in total. The average Bonchev–Trinajstić information content (AvgIpc) is 3.00. The van der Waals surface area contributed by atoms with Gasteiger partial charge in [0.25, 0.3) is 5.56 Å². The second-order valence-corrected chi connectivity index (χ2v) is 9.53. The lowest BCUT2D eigenvalue weighted by molar-refractivity contribution is -0.113. The number of anilines is 1. The molecule has 4 aromatic rings. The van der Waals surface area contributed by atoms with Gasteiger partial charge in [-0.25, -0.2) is 4.98 Å². The average molecular weight is 582 g/mol. The summed E-state index contributed by atoms with van der Waals surface area (Å²) < 4.78 is 34.0. The number of rotatable bonds is 12. The molecule has 1 aromatic heterocycles. The first-order valence-corrected chi connectivity index (χ1v) is 13.4. The molecule has 0 atom stereocenters. The minimum Gasteiger partial charge on any atom is -0.493 e. The molecule has 0 aliphatic carbocycles. The number of para-hydroxylation sites is 1. The first-order chi connectivity index (χ1) is 19.9. The normalized spacial score (nSPS) is 10.7. The zero-order valence-electron chi connectivity index (χ0n) is 23.6. The summed E-state index contributed by atoms with van der Waals surface area (Å²) >= 11 is 1.14. The molecule has 0 bridgehead atoms. The summed E-state index contributed by atoms with van der Waals surface area (Å²) in [5.41, 5.74) is 1.48. The summed E-state index contributed by atoms with van der Waals surface area (Å²) in [5.74, 6) is 2.27. The lowest BCUT2D eigenvalue weighted by Gasteiger charge is -2.17. The number of hydrogen-bond acceptors (Lipinski definition) is 10. The van der Waals surface area contributed by atoms with Gasteiger partial charge in [0.15, 0.2) is 28.2 Å². The number of amides is 1. The van der Waals surface area contributed by atoms with Gasteiger partial charge in [0.2, 0.25) is 17.4 Å². The van der Waals surface area contributed by atoms with Gasteiger partial charge in [-0.05, 0) is 29.8 Å². The van der Waals surface area contributed by atoms with Gasteiger partial charge in [-0.1, -0.05) is 23.9 Å². The van der Waals surface area contributed by atoms with Crippen LogP contribution in [0.15, 0.2) is 58.5 Å². The Labute approximate surface area is 241 Å². The second kappa shape index (κ2) is 13.2. The van der Waals surface area contributed by atoms with Crippen LogP contribution in [0.25, 0.3) is 10.9 Å². The summed E-state index contributed by atoms with van der Waals surface area (Å²) in [6.07, 6.45) is 0. The Morgan fingerprint density at radius 2 is 1.34 bits per heavy atom. The van der Waals surface area contributed by atoms with Crippen LogP contribution in [0.5, 0.6) is 34.5 Å². The van der Waals surface area contributed by atoms with Crippen LogP contribution in [0, 0.1) is 0 Å². The summed E-state index contributed by atoms with van der Waals surface area (Å²) in [4.78, 5) is 31.3. The third kappa shape index (κ3) is 6.27. The van der Waals surface area contributed by atoms with Crippen LogP contribution in [0.3, 0.4) is 0 Å². The smallest absolute Gasteiger partial charge is 0.262 e. The number of benzene rings is 3. The zero-order valence-corrected chi connectivity index (χ0v) is 24.4. The van der Waals surface area contributed by atoms with E-state index in [1.165, 1.54) is 47.2 Å². The Balaban J connectivity index is 1.65. The molecule has 0 radical (unpaired) electrons. The number of nitrogens with zero attached hydrogens (tertiary/aromatic N) is 2.